The van der Waals surface area contributed by atoms with Gasteiger partial charge in [-0.05, 0) is 61.3 Å². The molecular weight excluding hydrogens is 258 g/mol. The highest BCUT2D eigenvalue weighted by Gasteiger charge is 2.38. The molecule has 0 bridgehead atoms. The number of nitrogens with one attached hydrogen (secondary N) is 1. The SMILES string of the molecule is CNC(CCc1ccc2c(c1)CCO2)C1CCCC1(C)C. The van der Waals surface area contributed by atoms with E-state index in [-0.39, 0.29) is 0 Å². The molecule has 2 aliphatic rings. The minimum Gasteiger partial charge on any atom is -0.493 e. The molecule has 0 spiro atoms. The molecule has 1 heterocycles. The summed E-state index contributed by atoms with van der Waals surface area (Å²) < 4.78 is 5.60. The summed E-state index contributed by atoms with van der Waals surface area (Å²) in [6, 6.07) is 7.41. The average Bonchev–Trinajstić information content (AvgIpc) is 3.05. The molecule has 1 N–H and O–H groups in total. The maximum atomic E-state index is 5.60. The van der Waals surface area contributed by atoms with Gasteiger partial charge in [-0.25, -0.2) is 0 Å². The van der Waals surface area contributed by atoms with Crippen LogP contribution < -0.4 is 10.1 Å². The Morgan fingerprint density at radius 3 is 2.95 bits per heavy atom. The highest BCUT2D eigenvalue weighted by atomic mass is 16.5. The van der Waals surface area contributed by atoms with Crippen molar-refractivity contribution in [2.75, 3.05) is 13.7 Å². The average molecular weight is 287 g/mol. The summed E-state index contributed by atoms with van der Waals surface area (Å²) in [6.45, 7) is 5.75. The zero-order valence-electron chi connectivity index (χ0n) is 13.7. The number of aryl methyl sites for hydroxylation is 1. The number of fused-ring (bicyclic) bond motifs is 1. The monoisotopic (exact) mass is 287 g/mol. The van der Waals surface area contributed by atoms with Crippen LogP contribution in [0.25, 0.3) is 0 Å². The first-order chi connectivity index (χ1) is 10.1. The van der Waals surface area contributed by atoms with Crippen LogP contribution in [-0.2, 0) is 12.8 Å². The summed E-state index contributed by atoms with van der Waals surface area (Å²) in [7, 11) is 2.13. The van der Waals surface area contributed by atoms with Crippen molar-refractivity contribution in [3.8, 4) is 5.75 Å². The first kappa shape index (κ1) is 14.9. The lowest BCUT2D eigenvalue weighted by Crippen LogP contribution is -2.39. The van der Waals surface area contributed by atoms with E-state index in [4.69, 9.17) is 4.74 Å². The summed E-state index contributed by atoms with van der Waals surface area (Å²) in [5.41, 5.74) is 3.37. The molecule has 2 nitrogen and oxygen atoms in total. The van der Waals surface area contributed by atoms with E-state index in [1.54, 1.807) is 0 Å². The van der Waals surface area contributed by atoms with Crippen molar-refractivity contribution >= 4 is 0 Å². The second-order valence-corrected chi connectivity index (χ2v) is 7.46. The molecule has 1 aromatic carbocycles. The number of rotatable bonds is 5. The van der Waals surface area contributed by atoms with Crippen LogP contribution in [0.5, 0.6) is 5.75 Å². The Balaban J connectivity index is 1.63. The molecule has 1 fully saturated rings. The zero-order chi connectivity index (χ0) is 14.9. The van der Waals surface area contributed by atoms with Crippen molar-refractivity contribution < 1.29 is 4.74 Å². The molecular formula is C19H29NO. The first-order valence-corrected chi connectivity index (χ1v) is 8.52. The Hall–Kier alpha value is -1.02. The normalized spacial score (nSPS) is 24.6. The van der Waals surface area contributed by atoms with Crippen LogP contribution in [0.2, 0.25) is 0 Å². The van der Waals surface area contributed by atoms with Gasteiger partial charge in [0.2, 0.25) is 0 Å². The molecule has 2 unspecified atom stereocenters. The lowest BCUT2D eigenvalue weighted by Gasteiger charge is -2.34. The predicted octanol–water partition coefficient (Wildman–Crippen LogP) is 3.97. The first-order valence-electron chi connectivity index (χ1n) is 8.52. The summed E-state index contributed by atoms with van der Waals surface area (Å²) in [5.74, 6) is 1.92. The highest BCUT2D eigenvalue weighted by molar-refractivity contribution is 5.39. The van der Waals surface area contributed by atoms with E-state index < -0.39 is 0 Å². The largest absolute Gasteiger partial charge is 0.493 e. The van der Waals surface area contributed by atoms with E-state index in [9.17, 15) is 0 Å². The third kappa shape index (κ3) is 3.11. The van der Waals surface area contributed by atoms with Crippen LogP contribution >= 0.6 is 0 Å². The smallest absolute Gasteiger partial charge is 0.122 e. The standard InChI is InChI=1S/C19H29NO/c1-19(2)11-4-5-16(19)17(20-3)8-6-14-7-9-18-15(13-14)10-12-21-18/h7,9,13,16-17,20H,4-6,8,10-12H2,1-3H3. The second-order valence-electron chi connectivity index (χ2n) is 7.46. The van der Waals surface area contributed by atoms with Crippen molar-refractivity contribution in [1.29, 1.82) is 0 Å². The van der Waals surface area contributed by atoms with Gasteiger partial charge in [0.05, 0.1) is 6.61 Å². The molecule has 0 radical (unpaired) electrons. The van der Waals surface area contributed by atoms with Gasteiger partial charge in [-0.15, -0.1) is 0 Å². The number of hydrogen-bond donors (Lipinski definition) is 1. The number of benzene rings is 1. The minimum absolute atomic E-state index is 0.499. The highest BCUT2D eigenvalue weighted by Crippen LogP contribution is 2.45. The van der Waals surface area contributed by atoms with Gasteiger partial charge >= 0.3 is 0 Å². The molecule has 21 heavy (non-hydrogen) atoms. The predicted molar refractivity (Wildman–Crippen MR) is 87.9 cm³/mol. The summed E-state index contributed by atoms with van der Waals surface area (Å²) in [6.07, 6.45) is 7.65. The van der Waals surface area contributed by atoms with Gasteiger partial charge in [0.15, 0.2) is 0 Å². The fourth-order valence-electron chi connectivity index (χ4n) is 4.36. The van der Waals surface area contributed by atoms with E-state index in [1.807, 2.05) is 0 Å². The molecule has 2 atom stereocenters. The maximum Gasteiger partial charge on any atom is 0.122 e. The van der Waals surface area contributed by atoms with Crippen LogP contribution in [0.1, 0.15) is 50.7 Å². The molecule has 1 saturated carbocycles. The zero-order valence-corrected chi connectivity index (χ0v) is 13.7. The maximum absolute atomic E-state index is 5.60. The van der Waals surface area contributed by atoms with Crippen molar-refractivity contribution in [3.05, 3.63) is 29.3 Å². The van der Waals surface area contributed by atoms with Crippen LogP contribution in [0.15, 0.2) is 18.2 Å². The molecule has 1 aliphatic carbocycles. The topological polar surface area (TPSA) is 21.3 Å². The van der Waals surface area contributed by atoms with Gasteiger partial charge in [0.1, 0.15) is 5.75 Å². The van der Waals surface area contributed by atoms with E-state index in [0.29, 0.717) is 11.5 Å². The summed E-state index contributed by atoms with van der Waals surface area (Å²) in [5, 5.41) is 3.60. The Bertz CT molecular complexity index is 494. The molecule has 0 aromatic heterocycles. The van der Waals surface area contributed by atoms with E-state index in [0.717, 1.165) is 24.7 Å². The molecule has 2 heteroatoms. The van der Waals surface area contributed by atoms with E-state index >= 15 is 0 Å². The summed E-state index contributed by atoms with van der Waals surface area (Å²) >= 11 is 0. The van der Waals surface area contributed by atoms with Gasteiger partial charge in [0.25, 0.3) is 0 Å². The Morgan fingerprint density at radius 1 is 1.38 bits per heavy atom. The molecule has 3 rings (SSSR count). The van der Waals surface area contributed by atoms with E-state index in [2.05, 4.69) is 44.4 Å². The van der Waals surface area contributed by atoms with Gasteiger partial charge in [-0.2, -0.15) is 0 Å². The lowest BCUT2D eigenvalue weighted by molar-refractivity contribution is 0.196. The van der Waals surface area contributed by atoms with Crippen molar-refractivity contribution in [3.63, 3.8) is 0 Å². The molecule has 116 valence electrons. The molecule has 0 saturated heterocycles. The fraction of sp³-hybridized carbons (Fsp3) is 0.684. The van der Waals surface area contributed by atoms with Gasteiger partial charge in [0, 0.05) is 12.5 Å². The third-order valence-electron chi connectivity index (χ3n) is 5.69. The number of hydrogen-bond acceptors (Lipinski definition) is 2. The second kappa shape index (κ2) is 6.00. The Labute approximate surface area is 129 Å². The van der Waals surface area contributed by atoms with Gasteiger partial charge < -0.3 is 10.1 Å². The fourth-order valence-corrected chi connectivity index (χ4v) is 4.36. The number of ether oxygens (including phenoxy) is 1. The molecule has 1 aromatic rings. The van der Waals surface area contributed by atoms with Gasteiger partial charge in [-0.1, -0.05) is 32.4 Å². The van der Waals surface area contributed by atoms with Crippen molar-refractivity contribution in [2.45, 2.75) is 58.4 Å². The van der Waals surface area contributed by atoms with E-state index in [1.165, 1.54) is 43.2 Å². The van der Waals surface area contributed by atoms with Crippen molar-refractivity contribution in [1.82, 2.24) is 5.32 Å². The lowest BCUT2D eigenvalue weighted by atomic mass is 9.76. The van der Waals surface area contributed by atoms with Crippen molar-refractivity contribution in [2.24, 2.45) is 11.3 Å². The van der Waals surface area contributed by atoms with Crippen LogP contribution in [0.3, 0.4) is 0 Å². The Morgan fingerprint density at radius 2 is 2.24 bits per heavy atom. The summed E-state index contributed by atoms with van der Waals surface area (Å²) in [4.78, 5) is 0. The molecule has 0 amide bonds. The Kier molecular flexibility index (Phi) is 4.26. The van der Waals surface area contributed by atoms with Crippen LogP contribution in [-0.4, -0.2) is 19.7 Å². The van der Waals surface area contributed by atoms with Gasteiger partial charge in [-0.3, -0.25) is 0 Å². The van der Waals surface area contributed by atoms with Crippen LogP contribution in [0.4, 0.5) is 0 Å². The third-order valence-corrected chi connectivity index (χ3v) is 5.69. The quantitative estimate of drug-likeness (QED) is 0.885. The molecule has 1 aliphatic heterocycles. The van der Waals surface area contributed by atoms with Crippen LogP contribution in [0, 0.1) is 11.3 Å². The minimum atomic E-state index is 0.499.